The molecule has 0 bridgehead atoms. The molecule has 0 unspecified atom stereocenters. The van der Waals surface area contributed by atoms with E-state index in [4.69, 9.17) is 4.74 Å². The Hall–Kier alpha value is -3.34. The molecule has 1 fully saturated rings. The summed E-state index contributed by atoms with van der Waals surface area (Å²) in [4.78, 5) is 16.7. The van der Waals surface area contributed by atoms with E-state index >= 15 is 0 Å². The highest BCUT2D eigenvalue weighted by molar-refractivity contribution is 5.78. The summed E-state index contributed by atoms with van der Waals surface area (Å²) in [6, 6.07) is 24.6. The highest BCUT2D eigenvalue weighted by Gasteiger charge is 2.22. The average molecular weight is 404 g/mol. The Morgan fingerprint density at radius 2 is 1.50 bits per heavy atom. The van der Waals surface area contributed by atoms with E-state index in [0.717, 1.165) is 36.5 Å². The van der Waals surface area contributed by atoms with Crippen LogP contribution in [0.5, 0.6) is 5.75 Å². The van der Waals surface area contributed by atoms with Crippen LogP contribution >= 0.6 is 0 Å². The van der Waals surface area contributed by atoms with E-state index in [0.29, 0.717) is 13.1 Å². The lowest BCUT2D eigenvalue weighted by Gasteiger charge is -2.36. The number of carbonyl (C=O) groups excluding carboxylic acids is 1. The lowest BCUT2D eigenvalue weighted by atomic mass is 10.0. The number of anilines is 1. The minimum atomic E-state index is -0.239. The maximum atomic E-state index is 13.1. The first-order valence-corrected chi connectivity index (χ1v) is 10.2. The molecule has 0 saturated carbocycles. The Morgan fingerprint density at radius 1 is 0.833 bits per heavy atom. The molecule has 0 aromatic heterocycles. The third-order valence-corrected chi connectivity index (χ3v) is 5.39. The minimum Gasteiger partial charge on any atom is -0.483 e. The van der Waals surface area contributed by atoms with Crippen molar-refractivity contribution in [2.45, 2.75) is 6.42 Å². The second-order valence-electron chi connectivity index (χ2n) is 7.40. The molecule has 1 aliphatic heterocycles. The van der Waals surface area contributed by atoms with Gasteiger partial charge in [0.1, 0.15) is 11.6 Å². The predicted octanol–water partition coefficient (Wildman–Crippen LogP) is 4.14. The molecule has 3 aromatic carbocycles. The molecule has 154 valence electrons. The quantitative estimate of drug-likeness (QED) is 0.619. The van der Waals surface area contributed by atoms with Crippen molar-refractivity contribution in [3.63, 3.8) is 0 Å². The molecule has 3 aromatic rings. The fourth-order valence-corrected chi connectivity index (χ4v) is 3.70. The Kier molecular flexibility index (Phi) is 6.28. The number of piperazine rings is 1. The SMILES string of the molecule is O=C(COc1ccccc1Cc1ccccc1)N1CCN(c2ccc(F)cc2)CC1. The molecule has 0 N–H and O–H groups in total. The summed E-state index contributed by atoms with van der Waals surface area (Å²) < 4.78 is 19.0. The number of rotatable bonds is 6. The molecular weight excluding hydrogens is 379 g/mol. The van der Waals surface area contributed by atoms with E-state index in [1.54, 1.807) is 12.1 Å². The molecule has 1 aliphatic rings. The molecule has 5 heteroatoms. The van der Waals surface area contributed by atoms with Crippen LogP contribution in [-0.2, 0) is 11.2 Å². The number of ether oxygens (including phenoxy) is 1. The van der Waals surface area contributed by atoms with E-state index in [2.05, 4.69) is 17.0 Å². The number of carbonyl (C=O) groups is 1. The van der Waals surface area contributed by atoms with Crippen LogP contribution in [-0.4, -0.2) is 43.6 Å². The monoisotopic (exact) mass is 404 g/mol. The first-order chi connectivity index (χ1) is 14.7. The van der Waals surface area contributed by atoms with E-state index in [1.807, 2.05) is 47.4 Å². The van der Waals surface area contributed by atoms with Crippen LogP contribution < -0.4 is 9.64 Å². The largest absolute Gasteiger partial charge is 0.483 e. The van der Waals surface area contributed by atoms with Gasteiger partial charge in [0.2, 0.25) is 0 Å². The van der Waals surface area contributed by atoms with Crippen molar-refractivity contribution in [2.75, 3.05) is 37.7 Å². The molecule has 1 amide bonds. The van der Waals surface area contributed by atoms with Gasteiger partial charge in [0, 0.05) is 38.3 Å². The highest BCUT2D eigenvalue weighted by atomic mass is 19.1. The van der Waals surface area contributed by atoms with Crippen molar-refractivity contribution >= 4 is 11.6 Å². The number of nitrogens with zero attached hydrogens (tertiary/aromatic N) is 2. The maximum Gasteiger partial charge on any atom is 0.260 e. The molecule has 30 heavy (non-hydrogen) atoms. The van der Waals surface area contributed by atoms with Gasteiger partial charge in [-0.3, -0.25) is 4.79 Å². The summed E-state index contributed by atoms with van der Waals surface area (Å²) >= 11 is 0. The summed E-state index contributed by atoms with van der Waals surface area (Å²) in [7, 11) is 0. The van der Waals surface area contributed by atoms with Crippen molar-refractivity contribution < 1.29 is 13.9 Å². The van der Waals surface area contributed by atoms with E-state index in [-0.39, 0.29) is 18.3 Å². The van der Waals surface area contributed by atoms with Crippen LogP contribution in [0.4, 0.5) is 10.1 Å². The second kappa shape index (κ2) is 9.44. The topological polar surface area (TPSA) is 32.8 Å². The van der Waals surface area contributed by atoms with Gasteiger partial charge >= 0.3 is 0 Å². The number of hydrogen-bond acceptors (Lipinski definition) is 3. The summed E-state index contributed by atoms with van der Waals surface area (Å²) in [5.41, 5.74) is 3.25. The Bertz CT molecular complexity index is 968. The smallest absolute Gasteiger partial charge is 0.260 e. The molecule has 0 spiro atoms. The van der Waals surface area contributed by atoms with Gasteiger partial charge in [-0.15, -0.1) is 0 Å². The number of para-hydroxylation sites is 1. The first kappa shape index (κ1) is 20.0. The van der Waals surface area contributed by atoms with E-state index in [1.165, 1.54) is 17.7 Å². The zero-order valence-corrected chi connectivity index (χ0v) is 16.8. The van der Waals surface area contributed by atoms with Crippen LogP contribution in [0.2, 0.25) is 0 Å². The fraction of sp³-hybridized carbons (Fsp3) is 0.240. The van der Waals surface area contributed by atoms with Crippen LogP contribution in [0.3, 0.4) is 0 Å². The Morgan fingerprint density at radius 3 is 2.23 bits per heavy atom. The highest BCUT2D eigenvalue weighted by Crippen LogP contribution is 2.22. The van der Waals surface area contributed by atoms with Crippen molar-refractivity contribution in [1.82, 2.24) is 4.90 Å². The van der Waals surface area contributed by atoms with Crippen molar-refractivity contribution in [2.24, 2.45) is 0 Å². The molecule has 4 rings (SSSR count). The van der Waals surface area contributed by atoms with Gasteiger partial charge < -0.3 is 14.5 Å². The first-order valence-electron chi connectivity index (χ1n) is 10.2. The number of halogens is 1. The van der Waals surface area contributed by atoms with Gasteiger partial charge in [0.15, 0.2) is 6.61 Å². The number of benzene rings is 3. The Balaban J connectivity index is 1.31. The van der Waals surface area contributed by atoms with Crippen LogP contribution in [0.1, 0.15) is 11.1 Å². The lowest BCUT2D eigenvalue weighted by molar-refractivity contribution is -0.133. The lowest BCUT2D eigenvalue weighted by Crippen LogP contribution is -2.50. The van der Waals surface area contributed by atoms with Gasteiger partial charge in [-0.1, -0.05) is 48.5 Å². The second-order valence-corrected chi connectivity index (χ2v) is 7.40. The van der Waals surface area contributed by atoms with Crippen LogP contribution in [0.25, 0.3) is 0 Å². The summed E-state index contributed by atoms with van der Waals surface area (Å²) in [5.74, 6) is 0.500. The van der Waals surface area contributed by atoms with Gasteiger partial charge in [-0.25, -0.2) is 4.39 Å². The molecule has 4 nitrogen and oxygen atoms in total. The predicted molar refractivity (Wildman–Crippen MR) is 116 cm³/mol. The molecule has 1 heterocycles. The zero-order chi connectivity index (χ0) is 20.8. The summed E-state index contributed by atoms with van der Waals surface area (Å²) in [5, 5.41) is 0. The van der Waals surface area contributed by atoms with Crippen molar-refractivity contribution in [1.29, 1.82) is 0 Å². The minimum absolute atomic E-state index is 0.0109. The molecule has 0 radical (unpaired) electrons. The van der Waals surface area contributed by atoms with E-state index < -0.39 is 0 Å². The Labute approximate surface area is 176 Å². The zero-order valence-electron chi connectivity index (χ0n) is 16.8. The molecule has 1 saturated heterocycles. The molecular formula is C25H25FN2O2. The fourth-order valence-electron chi connectivity index (χ4n) is 3.70. The summed E-state index contributed by atoms with van der Waals surface area (Å²) in [6.45, 7) is 2.74. The van der Waals surface area contributed by atoms with Gasteiger partial charge in [-0.05, 0) is 41.5 Å². The average Bonchev–Trinajstić information content (AvgIpc) is 2.80. The van der Waals surface area contributed by atoms with Crippen LogP contribution in [0.15, 0.2) is 78.9 Å². The molecule has 0 aliphatic carbocycles. The normalized spacial score (nSPS) is 13.9. The van der Waals surface area contributed by atoms with Gasteiger partial charge in [-0.2, -0.15) is 0 Å². The molecule has 0 atom stereocenters. The number of amides is 1. The maximum absolute atomic E-state index is 13.1. The number of hydrogen-bond donors (Lipinski definition) is 0. The van der Waals surface area contributed by atoms with Gasteiger partial charge in [0.25, 0.3) is 5.91 Å². The standard InChI is InChI=1S/C25H25FN2O2/c26-22-10-12-23(13-11-22)27-14-16-28(17-15-27)25(29)19-30-24-9-5-4-8-21(24)18-20-6-2-1-3-7-20/h1-13H,14-19H2. The van der Waals surface area contributed by atoms with Crippen molar-refractivity contribution in [3.05, 3.63) is 95.8 Å². The van der Waals surface area contributed by atoms with Crippen molar-refractivity contribution in [3.8, 4) is 5.75 Å². The van der Waals surface area contributed by atoms with Crippen LogP contribution in [0, 0.1) is 5.82 Å². The van der Waals surface area contributed by atoms with Gasteiger partial charge in [0.05, 0.1) is 0 Å². The third kappa shape index (κ3) is 4.98. The third-order valence-electron chi connectivity index (χ3n) is 5.39. The summed E-state index contributed by atoms with van der Waals surface area (Å²) in [6.07, 6.45) is 0.765. The van der Waals surface area contributed by atoms with E-state index in [9.17, 15) is 9.18 Å².